The normalized spacial score (nSPS) is 10.5. The number of hydrogen-bond donors (Lipinski definition) is 2. The third-order valence-corrected chi connectivity index (χ3v) is 4.06. The lowest BCUT2D eigenvalue weighted by molar-refractivity contribution is -0.119. The number of unbranched alkanes of at least 4 members (excludes halogenated alkanes) is 4. The number of hydrogen-bond acceptors (Lipinski definition) is 5. The van der Waals surface area contributed by atoms with Crippen molar-refractivity contribution >= 4 is 28.3 Å². The smallest absolute Gasteiger partial charge is 0.226 e. The standard InChI is InChI=1S/C15H26N4O2S/c1-3-4-6-10-14-18-19-15(22-14)17-13(21)9-7-5-8-11-16-12(2)20/h3-11H2,1-2H3,(H,16,20)(H,17,19,21). The van der Waals surface area contributed by atoms with Gasteiger partial charge in [0.15, 0.2) is 0 Å². The van der Waals surface area contributed by atoms with E-state index >= 15 is 0 Å². The Bertz CT molecular complexity index is 462. The fraction of sp³-hybridized carbons (Fsp3) is 0.733. The van der Waals surface area contributed by atoms with Crippen LogP contribution in [0.4, 0.5) is 5.13 Å². The molecule has 0 bridgehead atoms. The van der Waals surface area contributed by atoms with Crippen molar-refractivity contribution in [2.24, 2.45) is 0 Å². The molecule has 124 valence electrons. The van der Waals surface area contributed by atoms with Crippen LogP contribution in [0.1, 0.15) is 63.8 Å². The molecular formula is C15H26N4O2S. The monoisotopic (exact) mass is 326 g/mol. The fourth-order valence-electron chi connectivity index (χ4n) is 1.96. The minimum Gasteiger partial charge on any atom is -0.356 e. The van der Waals surface area contributed by atoms with Crippen LogP contribution >= 0.6 is 11.3 Å². The van der Waals surface area contributed by atoms with Crippen LogP contribution in [0, 0.1) is 0 Å². The van der Waals surface area contributed by atoms with Gasteiger partial charge in [0.25, 0.3) is 0 Å². The maximum absolute atomic E-state index is 11.8. The summed E-state index contributed by atoms with van der Waals surface area (Å²) in [5.74, 6) is -0.0282. The van der Waals surface area contributed by atoms with Crippen LogP contribution in [0.25, 0.3) is 0 Å². The second-order valence-corrected chi connectivity index (χ2v) is 6.36. The maximum atomic E-state index is 11.8. The zero-order valence-electron chi connectivity index (χ0n) is 13.5. The van der Waals surface area contributed by atoms with Gasteiger partial charge in [-0.3, -0.25) is 9.59 Å². The molecular weight excluding hydrogens is 300 g/mol. The third-order valence-electron chi connectivity index (χ3n) is 3.16. The van der Waals surface area contributed by atoms with Crippen molar-refractivity contribution in [3.8, 4) is 0 Å². The molecule has 0 aliphatic heterocycles. The van der Waals surface area contributed by atoms with Gasteiger partial charge in [-0.15, -0.1) is 10.2 Å². The lowest BCUT2D eigenvalue weighted by atomic mass is 10.2. The summed E-state index contributed by atoms with van der Waals surface area (Å²) >= 11 is 1.46. The Morgan fingerprint density at radius 1 is 1.09 bits per heavy atom. The van der Waals surface area contributed by atoms with Crippen LogP contribution in [-0.4, -0.2) is 28.6 Å². The number of amides is 2. The summed E-state index contributed by atoms with van der Waals surface area (Å²) in [4.78, 5) is 22.5. The van der Waals surface area contributed by atoms with Crippen LogP contribution in [0.2, 0.25) is 0 Å². The van der Waals surface area contributed by atoms with Crippen molar-refractivity contribution < 1.29 is 9.59 Å². The molecule has 0 atom stereocenters. The molecule has 0 saturated heterocycles. The molecule has 6 nitrogen and oxygen atoms in total. The van der Waals surface area contributed by atoms with Crippen LogP contribution in [0.15, 0.2) is 0 Å². The Hall–Kier alpha value is -1.50. The number of carbonyl (C=O) groups is 2. The van der Waals surface area contributed by atoms with Gasteiger partial charge in [-0.05, 0) is 19.3 Å². The minimum atomic E-state index is -0.0178. The van der Waals surface area contributed by atoms with E-state index in [1.54, 1.807) is 0 Å². The van der Waals surface area contributed by atoms with Gasteiger partial charge in [-0.2, -0.15) is 0 Å². The number of carbonyl (C=O) groups excluding carboxylic acids is 2. The van der Waals surface area contributed by atoms with Gasteiger partial charge in [0, 0.05) is 26.3 Å². The van der Waals surface area contributed by atoms with Crippen LogP contribution in [0.3, 0.4) is 0 Å². The van der Waals surface area contributed by atoms with Gasteiger partial charge in [0.1, 0.15) is 5.01 Å². The van der Waals surface area contributed by atoms with Crippen molar-refractivity contribution in [2.45, 2.75) is 65.2 Å². The molecule has 2 amide bonds. The highest BCUT2D eigenvalue weighted by Crippen LogP contribution is 2.17. The lowest BCUT2D eigenvalue weighted by Crippen LogP contribution is -2.20. The van der Waals surface area contributed by atoms with Crippen molar-refractivity contribution in [3.05, 3.63) is 5.01 Å². The van der Waals surface area contributed by atoms with Gasteiger partial charge < -0.3 is 10.6 Å². The maximum Gasteiger partial charge on any atom is 0.226 e. The molecule has 0 spiro atoms. The van der Waals surface area contributed by atoms with Gasteiger partial charge in [0.05, 0.1) is 0 Å². The minimum absolute atomic E-state index is 0.0104. The molecule has 0 fully saturated rings. The SMILES string of the molecule is CCCCCc1nnc(NC(=O)CCCCCNC(C)=O)s1. The summed E-state index contributed by atoms with van der Waals surface area (Å²) in [5.41, 5.74) is 0. The van der Waals surface area contributed by atoms with Gasteiger partial charge in [-0.25, -0.2) is 0 Å². The molecule has 0 aliphatic rings. The molecule has 1 rings (SSSR count). The molecule has 1 heterocycles. The predicted octanol–water partition coefficient (Wildman–Crippen LogP) is 2.91. The quantitative estimate of drug-likeness (QED) is 0.612. The largest absolute Gasteiger partial charge is 0.356 e. The third kappa shape index (κ3) is 8.71. The van der Waals surface area contributed by atoms with E-state index in [0.717, 1.165) is 37.1 Å². The average Bonchev–Trinajstić information content (AvgIpc) is 2.90. The van der Waals surface area contributed by atoms with E-state index in [9.17, 15) is 9.59 Å². The molecule has 0 aliphatic carbocycles. The van der Waals surface area contributed by atoms with Crippen LogP contribution in [-0.2, 0) is 16.0 Å². The predicted molar refractivity (Wildman–Crippen MR) is 88.9 cm³/mol. The second kappa shape index (κ2) is 11.1. The first-order chi connectivity index (χ1) is 10.6. The first-order valence-corrected chi connectivity index (χ1v) is 8.80. The van der Waals surface area contributed by atoms with Crippen molar-refractivity contribution in [3.63, 3.8) is 0 Å². The van der Waals surface area contributed by atoms with Crippen molar-refractivity contribution in [1.82, 2.24) is 15.5 Å². The number of aryl methyl sites for hydroxylation is 1. The summed E-state index contributed by atoms with van der Waals surface area (Å²) in [6.45, 7) is 4.35. The van der Waals surface area contributed by atoms with E-state index in [1.165, 1.54) is 31.1 Å². The van der Waals surface area contributed by atoms with E-state index in [4.69, 9.17) is 0 Å². The molecule has 0 radical (unpaired) electrons. The second-order valence-electron chi connectivity index (χ2n) is 5.30. The van der Waals surface area contributed by atoms with Gasteiger partial charge in [-0.1, -0.05) is 37.5 Å². The van der Waals surface area contributed by atoms with E-state index < -0.39 is 0 Å². The Labute approximate surface area is 136 Å². The van der Waals surface area contributed by atoms with Crippen LogP contribution in [0.5, 0.6) is 0 Å². The summed E-state index contributed by atoms with van der Waals surface area (Å²) in [5, 5.41) is 15.2. The summed E-state index contributed by atoms with van der Waals surface area (Å²) in [6.07, 6.45) is 7.54. The van der Waals surface area contributed by atoms with E-state index in [-0.39, 0.29) is 11.8 Å². The highest BCUT2D eigenvalue weighted by Gasteiger charge is 2.07. The zero-order chi connectivity index (χ0) is 16.2. The Morgan fingerprint density at radius 3 is 2.64 bits per heavy atom. The Balaban J connectivity index is 2.12. The van der Waals surface area contributed by atoms with Crippen molar-refractivity contribution in [1.29, 1.82) is 0 Å². The Morgan fingerprint density at radius 2 is 1.91 bits per heavy atom. The molecule has 0 aromatic carbocycles. The number of nitrogens with one attached hydrogen (secondary N) is 2. The molecule has 0 saturated carbocycles. The average molecular weight is 326 g/mol. The molecule has 1 aromatic rings. The van der Waals surface area contributed by atoms with Gasteiger partial charge >= 0.3 is 0 Å². The number of nitrogens with zero attached hydrogens (tertiary/aromatic N) is 2. The Kier molecular flexibility index (Phi) is 9.37. The van der Waals surface area contributed by atoms with E-state index in [2.05, 4.69) is 27.8 Å². The summed E-state index contributed by atoms with van der Waals surface area (Å²) < 4.78 is 0. The lowest BCUT2D eigenvalue weighted by Gasteiger charge is -2.02. The molecule has 22 heavy (non-hydrogen) atoms. The van der Waals surface area contributed by atoms with Gasteiger partial charge in [0.2, 0.25) is 16.9 Å². The fourth-order valence-corrected chi connectivity index (χ4v) is 2.76. The topological polar surface area (TPSA) is 84.0 Å². The molecule has 1 aromatic heterocycles. The highest BCUT2D eigenvalue weighted by molar-refractivity contribution is 7.15. The molecule has 2 N–H and O–H groups in total. The number of rotatable bonds is 11. The molecule has 0 unspecified atom stereocenters. The zero-order valence-corrected chi connectivity index (χ0v) is 14.3. The first kappa shape index (κ1) is 18.5. The summed E-state index contributed by atoms with van der Waals surface area (Å²) in [7, 11) is 0. The van der Waals surface area contributed by atoms with E-state index in [0.29, 0.717) is 18.1 Å². The summed E-state index contributed by atoms with van der Waals surface area (Å²) in [6, 6.07) is 0. The highest BCUT2D eigenvalue weighted by atomic mass is 32.1. The number of anilines is 1. The van der Waals surface area contributed by atoms with Crippen LogP contribution < -0.4 is 10.6 Å². The molecule has 7 heteroatoms. The first-order valence-electron chi connectivity index (χ1n) is 7.98. The van der Waals surface area contributed by atoms with Crippen molar-refractivity contribution in [2.75, 3.05) is 11.9 Å². The van der Waals surface area contributed by atoms with E-state index in [1.807, 2.05) is 0 Å². The number of aromatic nitrogens is 2.